The van der Waals surface area contributed by atoms with Crippen molar-refractivity contribution in [1.29, 1.82) is 0 Å². The monoisotopic (exact) mass is 548 g/mol. The third-order valence-electron chi connectivity index (χ3n) is 7.73. The lowest BCUT2D eigenvalue weighted by molar-refractivity contribution is 0.198. The molecule has 2 aromatic carbocycles. The van der Waals surface area contributed by atoms with Gasteiger partial charge in [0, 0.05) is 36.8 Å². The number of alkyl halides is 1. The minimum absolute atomic E-state index is 0. The molecule has 0 radical (unpaired) electrons. The second kappa shape index (κ2) is 12.5. The summed E-state index contributed by atoms with van der Waals surface area (Å²) >= 11 is 0. The van der Waals surface area contributed by atoms with Crippen molar-refractivity contribution in [3.63, 3.8) is 0 Å². The minimum Gasteiger partial charge on any atom is -0.508 e. The Hall–Kier alpha value is -3.25. The summed E-state index contributed by atoms with van der Waals surface area (Å²) < 4.78 is 33.7. The minimum atomic E-state index is -0.472. The smallest absolute Gasteiger partial charge is 0.213 e. The van der Waals surface area contributed by atoms with E-state index in [9.17, 15) is 13.9 Å². The molecule has 0 amide bonds. The average molecular weight is 549 g/mol. The van der Waals surface area contributed by atoms with Gasteiger partial charge in [-0.05, 0) is 95.8 Å². The summed E-state index contributed by atoms with van der Waals surface area (Å²) in [6, 6.07) is 17.3. The number of rotatable bonds is 7. The summed E-state index contributed by atoms with van der Waals surface area (Å²) in [5.41, 5.74) is 6.59. The Kier molecular flexibility index (Phi) is 9.29. The highest BCUT2D eigenvalue weighted by molar-refractivity contribution is 6.00. The van der Waals surface area contributed by atoms with Crippen molar-refractivity contribution in [3.05, 3.63) is 88.5 Å². The molecule has 214 valence electrons. The predicted molar refractivity (Wildman–Crippen MR) is 159 cm³/mol. The van der Waals surface area contributed by atoms with Gasteiger partial charge in [0.05, 0.1) is 6.67 Å². The maximum Gasteiger partial charge on any atom is 0.213 e. The summed E-state index contributed by atoms with van der Waals surface area (Å²) in [6.07, 6.45) is 4.11. The van der Waals surface area contributed by atoms with E-state index >= 15 is 0 Å². The normalized spacial score (nSPS) is 17.8. The van der Waals surface area contributed by atoms with Crippen LogP contribution in [0.4, 0.5) is 8.78 Å². The number of halogens is 2. The summed E-state index contributed by atoms with van der Waals surface area (Å²) in [5.74, 6) is 0.588. The molecule has 1 aliphatic heterocycles. The Morgan fingerprint density at radius 3 is 2.52 bits per heavy atom. The molecule has 0 saturated carbocycles. The number of phenols is 1. The molecule has 1 aliphatic carbocycles. The van der Waals surface area contributed by atoms with Crippen molar-refractivity contribution in [2.45, 2.75) is 71.8 Å². The highest BCUT2D eigenvalue weighted by Crippen LogP contribution is 2.41. The molecule has 2 heterocycles. The quantitative estimate of drug-likeness (QED) is 0.304. The highest BCUT2D eigenvalue weighted by atomic mass is 19.1. The Labute approximate surface area is 237 Å². The van der Waals surface area contributed by atoms with Crippen LogP contribution in [-0.4, -0.2) is 47.4 Å². The van der Waals surface area contributed by atoms with Crippen LogP contribution in [0.25, 0.3) is 11.1 Å². The number of ether oxygens (including phenoxy) is 1. The van der Waals surface area contributed by atoms with Crippen LogP contribution in [0, 0.1) is 5.95 Å². The fourth-order valence-electron chi connectivity index (χ4n) is 5.72. The molecule has 4 nitrogen and oxygen atoms in total. The molecule has 1 fully saturated rings. The van der Waals surface area contributed by atoms with Crippen LogP contribution in [0.15, 0.2) is 54.6 Å². The van der Waals surface area contributed by atoms with Gasteiger partial charge >= 0.3 is 0 Å². The maximum absolute atomic E-state index is 14.8. The van der Waals surface area contributed by atoms with Gasteiger partial charge in [0.15, 0.2) is 0 Å². The number of nitrogens with zero attached hydrogens (tertiary/aromatic N) is 2. The molecule has 2 aliphatic rings. The number of benzene rings is 2. The summed E-state index contributed by atoms with van der Waals surface area (Å²) in [6.45, 7) is 8.37. The number of aryl methyl sites for hydroxylation is 1. The topological polar surface area (TPSA) is 45.6 Å². The van der Waals surface area contributed by atoms with Gasteiger partial charge in [0.1, 0.15) is 17.6 Å². The van der Waals surface area contributed by atoms with E-state index < -0.39 is 5.95 Å². The molecule has 0 unspecified atom stereocenters. The van der Waals surface area contributed by atoms with E-state index in [1.807, 2.05) is 51.1 Å². The largest absolute Gasteiger partial charge is 0.508 e. The fourth-order valence-corrected chi connectivity index (χ4v) is 5.72. The first-order valence-electron chi connectivity index (χ1n) is 14.0. The fraction of sp³-hybridized carbons (Fsp3) is 0.441. The molecule has 6 heteroatoms. The van der Waals surface area contributed by atoms with Crippen LogP contribution in [0.3, 0.4) is 0 Å². The summed E-state index contributed by atoms with van der Waals surface area (Å²) in [7, 11) is 0. The predicted octanol–water partition coefficient (Wildman–Crippen LogP) is 7.97. The molecule has 0 spiro atoms. The van der Waals surface area contributed by atoms with Crippen molar-refractivity contribution < 1.29 is 18.6 Å². The van der Waals surface area contributed by atoms with Gasteiger partial charge in [-0.15, -0.1) is 0 Å². The van der Waals surface area contributed by atoms with Crippen molar-refractivity contribution in [2.75, 3.05) is 26.3 Å². The van der Waals surface area contributed by atoms with E-state index in [0.29, 0.717) is 6.42 Å². The summed E-state index contributed by atoms with van der Waals surface area (Å²) in [5, 5.41) is 10.2. The van der Waals surface area contributed by atoms with Gasteiger partial charge in [0.2, 0.25) is 5.95 Å². The van der Waals surface area contributed by atoms with Crippen molar-refractivity contribution in [1.82, 2.24) is 9.88 Å². The molecule has 1 aromatic heterocycles. The SMILES string of the molecule is C.CC(C)(C)c1cc(C2=C(c3ccc(O[C@H]4CCN(CCCF)C4)cc3)c3ccc(O)cc3CCC2)cc(F)n1. The number of aromatic nitrogens is 1. The number of pyridine rings is 1. The third kappa shape index (κ3) is 6.72. The first kappa shape index (κ1) is 29.7. The lowest BCUT2D eigenvalue weighted by Gasteiger charge is -2.21. The van der Waals surface area contributed by atoms with E-state index in [0.717, 1.165) is 90.2 Å². The van der Waals surface area contributed by atoms with Crippen LogP contribution in [0.5, 0.6) is 11.5 Å². The molecular weight excluding hydrogens is 506 g/mol. The van der Waals surface area contributed by atoms with E-state index in [2.05, 4.69) is 22.0 Å². The number of likely N-dealkylation sites (tertiary alicyclic amines) is 1. The molecule has 1 atom stereocenters. The van der Waals surface area contributed by atoms with Crippen molar-refractivity contribution in [2.24, 2.45) is 0 Å². The molecule has 5 rings (SSSR count). The lowest BCUT2D eigenvalue weighted by atomic mass is 9.85. The number of hydrogen-bond donors (Lipinski definition) is 1. The van der Waals surface area contributed by atoms with Gasteiger partial charge < -0.3 is 9.84 Å². The Balaban J connectivity index is 0.00000370. The number of fused-ring (bicyclic) bond motifs is 1. The van der Waals surface area contributed by atoms with Gasteiger partial charge in [-0.25, -0.2) is 4.98 Å². The molecule has 1 N–H and O–H groups in total. The van der Waals surface area contributed by atoms with Crippen LogP contribution in [0.1, 0.15) is 81.8 Å². The first-order valence-corrected chi connectivity index (χ1v) is 14.0. The number of phenolic OH excluding ortho intramolecular Hbond substituents is 1. The molecule has 3 aromatic rings. The standard InChI is InChI=1S/C33H38F2N2O2.CH4/c1-33(2,3)30-19-24(20-31(35)36-30)28-7-4-6-23-18-25(38)10-13-29(23)32(28)22-8-11-26(12-9-22)39-27-14-17-37(21-27)16-5-15-34;/h8-13,18-20,27,38H,4-7,14-17,21H2,1-3H3;1H4/t27-;/m0./s1. The Morgan fingerprint density at radius 1 is 1.02 bits per heavy atom. The van der Waals surface area contributed by atoms with Crippen LogP contribution < -0.4 is 4.74 Å². The van der Waals surface area contributed by atoms with E-state index in [4.69, 9.17) is 4.74 Å². The second-order valence-electron chi connectivity index (χ2n) is 11.8. The molecule has 40 heavy (non-hydrogen) atoms. The van der Waals surface area contributed by atoms with E-state index in [1.54, 1.807) is 12.1 Å². The number of allylic oxidation sites excluding steroid dienone is 1. The van der Waals surface area contributed by atoms with Gasteiger partial charge in [-0.2, -0.15) is 4.39 Å². The third-order valence-corrected chi connectivity index (χ3v) is 7.73. The van der Waals surface area contributed by atoms with E-state index in [1.165, 1.54) is 0 Å². The zero-order chi connectivity index (χ0) is 27.6. The Morgan fingerprint density at radius 2 is 1.80 bits per heavy atom. The van der Waals surface area contributed by atoms with Gasteiger partial charge in [0.25, 0.3) is 0 Å². The van der Waals surface area contributed by atoms with Crippen LogP contribution >= 0.6 is 0 Å². The second-order valence-corrected chi connectivity index (χ2v) is 11.8. The maximum atomic E-state index is 14.8. The van der Waals surface area contributed by atoms with Crippen LogP contribution in [0.2, 0.25) is 0 Å². The molecular formula is C34H42F2N2O2. The number of hydrogen-bond acceptors (Lipinski definition) is 4. The zero-order valence-corrected chi connectivity index (χ0v) is 23.1. The first-order chi connectivity index (χ1) is 18.7. The van der Waals surface area contributed by atoms with Crippen LogP contribution in [-0.2, 0) is 11.8 Å². The average Bonchev–Trinajstić information content (AvgIpc) is 3.25. The van der Waals surface area contributed by atoms with Crippen molar-refractivity contribution >= 4 is 11.1 Å². The molecule has 1 saturated heterocycles. The van der Waals surface area contributed by atoms with Crippen molar-refractivity contribution in [3.8, 4) is 11.5 Å². The lowest BCUT2D eigenvalue weighted by Crippen LogP contribution is -2.26. The highest BCUT2D eigenvalue weighted by Gasteiger charge is 2.25. The Bertz CT molecular complexity index is 1350. The van der Waals surface area contributed by atoms with Gasteiger partial charge in [-0.1, -0.05) is 46.4 Å². The van der Waals surface area contributed by atoms with E-state index in [-0.39, 0.29) is 31.4 Å². The van der Waals surface area contributed by atoms with Gasteiger partial charge in [-0.3, -0.25) is 9.29 Å². The zero-order valence-electron chi connectivity index (χ0n) is 23.1. The number of aromatic hydroxyl groups is 1. The molecule has 0 bridgehead atoms. The summed E-state index contributed by atoms with van der Waals surface area (Å²) in [4.78, 5) is 6.46.